The average molecular weight is 334 g/mol. The maximum absolute atomic E-state index is 11.9. The summed E-state index contributed by atoms with van der Waals surface area (Å²) in [7, 11) is -0.515. The molecular weight excluding hydrogens is 307 g/mol. The van der Waals surface area contributed by atoms with E-state index in [4.69, 9.17) is 14.0 Å². The first-order valence-corrected chi connectivity index (χ1v) is 8.16. The molecule has 1 aliphatic heterocycles. The highest BCUT2D eigenvalue weighted by Crippen LogP contribution is 2.36. The minimum absolute atomic E-state index is 0.316. The van der Waals surface area contributed by atoms with Crippen LogP contribution < -0.4 is 10.8 Å². The molecule has 0 saturated carbocycles. The number of ether oxygens (including phenoxy) is 1. The van der Waals surface area contributed by atoms with Crippen LogP contribution in [0.3, 0.4) is 0 Å². The van der Waals surface area contributed by atoms with Crippen LogP contribution in [0.4, 0.5) is 4.79 Å². The van der Waals surface area contributed by atoms with Gasteiger partial charge in [0.25, 0.3) is 0 Å². The molecule has 0 unspecified atom stereocenters. The number of hydrogen-bond donors (Lipinski definition) is 1. The highest BCUT2D eigenvalue weighted by molar-refractivity contribution is 6.62. The normalized spacial score (nSPS) is 19.2. The third-order valence-corrected chi connectivity index (χ3v) is 4.28. The summed E-state index contributed by atoms with van der Waals surface area (Å²) >= 11 is 0. The number of carbonyl (C=O) groups excluding carboxylic acids is 1. The lowest BCUT2D eigenvalue weighted by Crippen LogP contribution is -2.41. The maximum atomic E-state index is 11.9. The van der Waals surface area contributed by atoms with Crippen molar-refractivity contribution in [2.45, 2.75) is 71.8 Å². The summed E-state index contributed by atoms with van der Waals surface area (Å²) in [6, 6.07) is 1.84. The average Bonchev–Trinajstić information content (AvgIpc) is 2.63. The number of nitrogens with one attached hydrogen (secondary N) is 1. The van der Waals surface area contributed by atoms with Crippen molar-refractivity contribution in [1.82, 2.24) is 10.3 Å². The fraction of sp³-hybridized carbons (Fsp3) is 0.647. The van der Waals surface area contributed by atoms with Crippen molar-refractivity contribution in [3.63, 3.8) is 0 Å². The summed E-state index contributed by atoms with van der Waals surface area (Å²) in [5, 5.41) is 2.76. The molecule has 0 spiro atoms. The minimum atomic E-state index is -0.531. The van der Waals surface area contributed by atoms with E-state index in [0.29, 0.717) is 6.54 Å². The second kappa shape index (κ2) is 6.37. The van der Waals surface area contributed by atoms with Crippen molar-refractivity contribution < 1.29 is 18.8 Å². The first kappa shape index (κ1) is 18.7. The molecule has 1 aromatic rings. The van der Waals surface area contributed by atoms with Gasteiger partial charge in [-0.05, 0) is 60.1 Å². The molecule has 0 radical (unpaired) electrons. The van der Waals surface area contributed by atoms with Gasteiger partial charge < -0.3 is 19.4 Å². The van der Waals surface area contributed by atoms with Crippen LogP contribution >= 0.6 is 0 Å². The van der Waals surface area contributed by atoms with Crippen molar-refractivity contribution in [3.8, 4) is 0 Å². The van der Waals surface area contributed by atoms with Crippen LogP contribution in [0.25, 0.3) is 0 Å². The van der Waals surface area contributed by atoms with Gasteiger partial charge >= 0.3 is 13.2 Å². The van der Waals surface area contributed by atoms with Gasteiger partial charge in [-0.3, -0.25) is 4.98 Å². The molecule has 7 heteroatoms. The molecule has 1 aromatic heterocycles. The van der Waals surface area contributed by atoms with E-state index in [2.05, 4.69) is 10.3 Å². The second-order valence-electron chi connectivity index (χ2n) is 8.02. The second-order valence-corrected chi connectivity index (χ2v) is 8.02. The molecule has 0 aliphatic carbocycles. The molecule has 132 valence electrons. The Balaban J connectivity index is 2.10. The van der Waals surface area contributed by atoms with E-state index in [1.165, 1.54) is 0 Å². The van der Waals surface area contributed by atoms with Gasteiger partial charge in [0, 0.05) is 24.4 Å². The predicted molar refractivity (Wildman–Crippen MR) is 93.0 cm³/mol. The van der Waals surface area contributed by atoms with E-state index in [0.717, 1.165) is 11.0 Å². The Labute approximate surface area is 144 Å². The van der Waals surface area contributed by atoms with Gasteiger partial charge in [0.05, 0.1) is 11.2 Å². The van der Waals surface area contributed by atoms with Crippen LogP contribution in [0.1, 0.15) is 54.0 Å². The van der Waals surface area contributed by atoms with Crippen LogP contribution in [-0.2, 0) is 20.6 Å². The fourth-order valence-corrected chi connectivity index (χ4v) is 2.26. The van der Waals surface area contributed by atoms with E-state index in [1.807, 2.05) is 54.5 Å². The molecule has 1 amide bonds. The van der Waals surface area contributed by atoms with Crippen molar-refractivity contribution >= 4 is 18.7 Å². The van der Waals surface area contributed by atoms with Gasteiger partial charge in [-0.15, -0.1) is 0 Å². The number of aromatic nitrogens is 1. The standard InChI is InChI=1S/C17H27BN2O4/c1-15(2,3)22-14(21)20-10-12-8-9-19-11-13(12)18-23-16(4,5)17(6,7)24-18/h8-9,11H,10H2,1-7H3,(H,20,21). The van der Waals surface area contributed by atoms with Crippen LogP contribution in [0.15, 0.2) is 18.5 Å². The maximum Gasteiger partial charge on any atom is 0.496 e. The summed E-state index contributed by atoms with van der Waals surface area (Å²) < 4.78 is 17.4. The fourth-order valence-electron chi connectivity index (χ4n) is 2.26. The number of rotatable bonds is 3. The summed E-state index contributed by atoms with van der Waals surface area (Å²) in [5.41, 5.74) is 0.311. The molecule has 2 rings (SSSR count). The lowest BCUT2D eigenvalue weighted by Gasteiger charge is -2.32. The zero-order valence-corrected chi connectivity index (χ0v) is 15.6. The molecule has 6 nitrogen and oxygen atoms in total. The minimum Gasteiger partial charge on any atom is -0.444 e. The van der Waals surface area contributed by atoms with E-state index in [9.17, 15) is 4.79 Å². The van der Waals surface area contributed by atoms with Gasteiger partial charge in [-0.25, -0.2) is 4.79 Å². The number of pyridine rings is 1. The van der Waals surface area contributed by atoms with Crippen molar-refractivity contribution in [3.05, 3.63) is 24.0 Å². The Hall–Kier alpha value is -1.60. The Kier molecular flexibility index (Phi) is 4.97. The Morgan fingerprint density at radius 3 is 2.38 bits per heavy atom. The zero-order chi connectivity index (χ0) is 18.2. The number of alkyl carbamates (subject to hydrolysis) is 1. The summed E-state index contributed by atoms with van der Waals surface area (Å²) in [5.74, 6) is 0. The number of nitrogens with zero attached hydrogens (tertiary/aromatic N) is 1. The zero-order valence-electron chi connectivity index (χ0n) is 15.6. The van der Waals surface area contributed by atoms with Gasteiger partial charge in [0.2, 0.25) is 0 Å². The number of carbonyl (C=O) groups is 1. The van der Waals surface area contributed by atoms with E-state index in [-0.39, 0.29) is 0 Å². The first-order valence-electron chi connectivity index (χ1n) is 8.16. The summed E-state index contributed by atoms with van der Waals surface area (Å²) in [4.78, 5) is 16.0. The van der Waals surface area contributed by atoms with E-state index < -0.39 is 30.0 Å². The van der Waals surface area contributed by atoms with Crippen molar-refractivity contribution in [2.75, 3.05) is 0 Å². The van der Waals surface area contributed by atoms with Crippen molar-refractivity contribution in [2.24, 2.45) is 0 Å². The molecule has 1 saturated heterocycles. The van der Waals surface area contributed by atoms with Crippen LogP contribution in [0.2, 0.25) is 0 Å². The molecule has 24 heavy (non-hydrogen) atoms. The summed E-state index contributed by atoms with van der Waals surface area (Å²) in [6.07, 6.45) is 2.94. The third kappa shape index (κ3) is 4.27. The van der Waals surface area contributed by atoms with Crippen LogP contribution in [0.5, 0.6) is 0 Å². The topological polar surface area (TPSA) is 69.7 Å². The Morgan fingerprint density at radius 1 is 1.25 bits per heavy atom. The highest BCUT2D eigenvalue weighted by atomic mass is 16.7. The van der Waals surface area contributed by atoms with Gasteiger partial charge in [-0.2, -0.15) is 0 Å². The molecular formula is C17H27BN2O4. The SMILES string of the molecule is CC(C)(C)OC(=O)NCc1ccncc1B1OC(C)(C)C(C)(C)O1. The van der Waals surface area contributed by atoms with E-state index >= 15 is 0 Å². The molecule has 1 fully saturated rings. The molecule has 0 aromatic carbocycles. The lowest BCUT2D eigenvalue weighted by molar-refractivity contribution is 0.00578. The lowest BCUT2D eigenvalue weighted by atomic mass is 9.77. The molecule has 0 atom stereocenters. The van der Waals surface area contributed by atoms with Gasteiger partial charge in [0.15, 0.2) is 0 Å². The monoisotopic (exact) mass is 334 g/mol. The van der Waals surface area contributed by atoms with Crippen LogP contribution in [-0.4, -0.2) is 35.0 Å². The Bertz CT molecular complexity index is 595. The van der Waals surface area contributed by atoms with Gasteiger partial charge in [0.1, 0.15) is 5.60 Å². The summed E-state index contributed by atoms with van der Waals surface area (Å²) in [6.45, 7) is 13.8. The third-order valence-electron chi connectivity index (χ3n) is 4.28. The number of amides is 1. The molecule has 0 bridgehead atoms. The van der Waals surface area contributed by atoms with Gasteiger partial charge in [-0.1, -0.05) is 0 Å². The molecule has 2 heterocycles. The molecule has 1 N–H and O–H groups in total. The first-order chi connectivity index (χ1) is 10.9. The Morgan fingerprint density at radius 2 is 1.83 bits per heavy atom. The van der Waals surface area contributed by atoms with Crippen molar-refractivity contribution in [1.29, 1.82) is 0 Å². The smallest absolute Gasteiger partial charge is 0.444 e. The van der Waals surface area contributed by atoms with Crippen LogP contribution in [0, 0.1) is 0 Å². The largest absolute Gasteiger partial charge is 0.496 e. The highest BCUT2D eigenvalue weighted by Gasteiger charge is 2.52. The number of hydrogen-bond acceptors (Lipinski definition) is 5. The predicted octanol–water partition coefficient (Wildman–Crippen LogP) is 2.41. The quantitative estimate of drug-likeness (QED) is 0.860. The van der Waals surface area contributed by atoms with E-state index in [1.54, 1.807) is 12.4 Å². The molecule has 1 aliphatic rings.